The summed E-state index contributed by atoms with van der Waals surface area (Å²) in [5.41, 5.74) is 2.35. The molecule has 0 bridgehead atoms. The zero-order valence-corrected chi connectivity index (χ0v) is 14.7. The summed E-state index contributed by atoms with van der Waals surface area (Å²) < 4.78 is 17.4. The lowest BCUT2D eigenvalue weighted by molar-refractivity contribution is -0.159. The first-order chi connectivity index (χ1) is 12.2. The van der Waals surface area contributed by atoms with E-state index in [1.165, 1.54) is 5.56 Å². The molecule has 2 saturated heterocycles. The van der Waals surface area contributed by atoms with Gasteiger partial charge < -0.3 is 14.2 Å². The molecule has 1 aromatic carbocycles. The average Bonchev–Trinajstić information content (AvgIpc) is 3.53. The Morgan fingerprint density at radius 3 is 2.32 bits per heavy atom. The van der Waals surface area contributed by atoms with Crippen LogP contribution < -0.4 is 0 Å². The van der Waals surface area contributed by atoms with Gasteiger partial charge in [0.1, 0.15) is 6.10 Å². The molecule has 0 amide bonds. The number of hydrogen-bond donors (Lipinski definition) is 0. The Bertz CT molecular complexity index is 654. The molecule has 5 rings (SSSR count). The van der Waals surface area contributed by atoms with Crippen molar-refractivity contribution >= 4 is 5.97 Å². The molecule has 2 heterocycles. The number of hydrogen-bond acceptors (Lipinski definition) is 4. The van der Waals surface area contributed by atoms with Gasteiger partial charge in [-0.25, -0.2) is 0 Å². The maximum atomic E-state index is 12.8. The van der Waals surface area contributed by atoms with Crippen LogP contribution >= 0.6 is 0 Å². The molecular weight excluding hydrogens is 316 g/mol. The molecule has 4 nitrogen and oxygen atoms in total. The number of ether oxygens (including phenoxy) is 3. The number of rotatable bonds is 4. The second-order valence-corrected chi connectivity index (χ2v) is 8.28. The van der Waals surface area contributed by atoms with Crippen LogP contribution in [0, 0.1) is 18.8 Å². The van der Waals surface area contributed by atoms with E-state index in [1.54, 1.807) is 0 Å². The third-order valence-corrected chi connectivity index (χ3v) is 6.46. The summed E-state index contributed by atoms with van der Waals surface area (Å²) in [6.07, 6.45) is 7.35. The Kier molecular flexibility index (Phi) is 3.86. The van der Waals surface area contributed by atoms with E-state index in [9.17, 15) is 4.79 Å². The van der Waals surface area contributed by atoms with Gasteiger partial charge in [0, 0.05) is 5.92 Å². The van der Waals surface area contributed by atoms with E-state index in [2.05, 4.69) is 31.2 Å². The van der Waals surface area contributed by atoms with Crippen molar-refractivity contribution in [2.45, 2.75) is 76.0 Å². The van der Waals surface area contributed by atoms with Gasteiger partial charge in [-0.3, -0.25) is 4.79 Å². The van der Waals surface area contributed by atoms with Crippen LogP contribution in [0.3, 0.4) is 0 Å². The fourth-order valence-electron chi connectivity index (χ4n) is 4.74. The number of benzene rings is 1. The Balaban J connectivity index is 1.33. The first kappa shape index (κ1) is 15.8. The van der Waals surface area contributed by atoms with Crippen LogP contribution in [-0.4, -0.2) is 30.4 Å². The number of carbonyl (C=O) groups excluding carboxylic acids is 1. The SMILES string of the molecule is Cc1ccc(C(OC(=O)C2CCC3OC3C2)C2CCC3OC3C2)cc1. The molecule has 0 radical (unpaired) electrons. The smallest absolute Gasteiger partial charge is 0.309 e. The van der Waals surface area contributed by atoms with Crippen molar-refractivity contribution in [2.24, 2.45) is 11.8 Å². The minimum Gasteiger partial charge on any atom is -0.457 e. The topological polar surface area (TPSA) is 51.4 Å². The Hall–Kier alpha value is -1.39. The lowest BCUT2D eigenvalue weighted by Gasteiger charge is -2.30. The van der Waals surface area contributed by atoms with Crippen molar-refractivity contribution in [1.82, 2.24) is 0 Å². The van der Waals surface area contributed by atoms with Crippen LogP contribution in [0.15, 0.2) is 24.3 Å². The fraction of sp³-hybridized carbons (Fsp3) is 0.667. The highest BCUT2D eigenvalue weighted by Gasteiger charge is 2.49. The lowest BCUT2D eigenvalue weighted by atomic mass is 9.82. The van der Waals surface area contributed by atoms with E-state index in [4.69, 9.17) is 14.2 Å². The normalized spacial score (nSPS) is 39.7. The monoisotopic (exact) mass is 342 g/mol. The molecule has 134 valence electrons. The minimum absolute atomic E-state index is 0.00483. The molecule has 7 atom stereocenters. The largest absolute Gasteiger partial charge is 0.457 e. The van der Waals surface area contributed by atoms with Crippen LogP contribution in [0.5, 0.6) is 0 Å². The summed E-state index contributed by atoms with van der Waals surface area (Å²) in [5, 5.41) is 0. The highest BCUT2D eigenvalue weighted by Crippen LogP contribution is 2.46. The third kappa shape index (κ3) is 3.22. The van der Waals surface area contributed by atoms with Gasteiger partial charge >= 0.3 is 5.97 Å². The summed E-state index contributed by atoms with van der Waals surface area (Å²) in [4.78, 5) is 12.8. The van der Waals surface area contributed by atoms with Crippen molar-refractivity contribution in [3.05, 3.63) is 35.4 Å². The van der Waals surface area contributed by atoms with E-state index < -0.39 is 0 Å². The molecule has 4 fully saturated rings. The Morgan fingerprint density at radius 2 is 1.64 bits per heavy atom. The molecule has 2 saturated carbocycles. The van der Waals surface area contributed by atoms with Gasteiger partial charge in [0.05, 0.1) is 30.3 Å². The first-order valence-corrected chi connectivity index (χ1v) is 9.75. The van der Waals surface area contributed by atoms with E-state index in [1.807, 2.05) is 0 Å². The third-order valence-electron chi connectivity index (χ3n) is 6.46. The molecule has 0 N–H and O–H groups in total. The van der Waals surface area contributed by atoms with Crippen LogP contribution in [0.4, 0.5) is 0 Å². The average molecular weight is 342 g/mol. The molecule has 1 aromatic rings. The molecule has 7 unspecified atom stereocenters. The van der Waals surface area contributed by atoms with E-state index in [0.29, 0.717) is 30.3 Å². The highest BCUT2D eigenvalue weighted by molar-refractivity contribution is 5.73. The summed E-state index contributed by atoms with van der Waals surface area (Å²) in [5.74, 6) is 0.340. The van der Waals surface area contributed by atoms with Gasteiger partial charge in [0.2, 0.25) is 0 Å². The predicted molar refractivity (Wildman–Crippen MR) is 92.0 cm³/mol. The molecule has 2 aliphatic carbocycles. The van der Waals surface area contributed by atoms with Crippen LogP contribution in [-0.2, 0) is 19.0 Å². The van der Waals surface area contributed by atoms with Crippen LogP contribution in [0.2, 0.25) is 0 Å². The van der Waals surface area contributed by atoms with Gasteiger partial charge in [0.25, 0.3) is 0 Å². The molecular formula is C21H26O4. The summed E-state index contributed by atoms with van der Waals surface area (Å²) in [6, 6.07) is 8.46. The van der Waals surface area contributed by atoms with Crippen molar-refractivity contribution in [3.63, 3.8) is 0 Å². The first-order valence-electron chi connectivity index (χ1n) is 9.75. The van der Waals surface area contributed by atoms with Crippen molar-refractivity contribution in [1.29, 1.82) is 0 Å². The molecule has 25 heavy (non-hydrogen) atoms. The summed E-state index contributed by atoms with van der Waals surface area (Å²) in [7, 11) is 0. The van der Waals surface area contributed by atoms with E-state index in [0.717, 1.165) is 44.1 Å². The zero-order chi connectivity index (χ0) is 17.0. The van der Waals surface area contributed by atoms with Crippen molar-refractivity contribution in [3.8, 4) is 0 Å². The number of epoxide rings is 2. The maximum absolute atomic E-state index is 12.8. The molecule has 0 aromatic heterocycles. The molecule has 4 aliphatic rings. The lowest BCUT2D eigenvalue weighted by Crippen LogP contribution is -2.29. The van der Waals surface area contributed by atoms with Crippen molar-refractivity contribution < 1.29 is 19.0 Å². The fourth-order valence-corrected chi connectivity index (χ4v) is 4.74. The predicted octanol–water partition coefficient (Wildman–Crippen LogP) is 3.71. The zero-order valence-electron chi connectivity index (χ0n) is 14.7. The van der Waals surface area contributed by atoms with Gasteiger partial charge in [-0.1, -0.05) is 29.8 Å². The number of fused-ring (bicyclic) bond motifs is 2. The van der Waals surface area contributed by atoms with Crippen molar-refractivity contribution in [2.75, 3.05) is 0 Å². The maximum Gasteiger partial charge on any atom is 0.309 e. The Morgan fingerprint density at radius 1 is 0.960 bits per heavy atom. The minimum atomic E-state index is -0.143. The summed E-state index contributed by atoms with van der Waals surface area (Å²) >= 11 is 0. The number of esters is 1. The summed E-state index contributed by atoms with van der Waals surface area (Å²) in [6.45, 7) is 2.09. The van der Waals surface area contributed by atoms with Crippen LogP contribution in [0.1, 0.15) is 55.8 Å². The van der Waals surface area contributed by atoms with Gasteiger partial charge in [-0.05, 0) is 51.0 Å². The van der Waals surface area contributed by atoms with Gasteiger partial charge in [0.15, 0.2) is 0 Å². The van der Waals surface area contributed by atoms with E-state index >= 15 is 0 Å². The standard InChI is InChI=1S/C21H26O4/c1-12-2-4-13(5-3-12)20(14-6-8-16-18(10-14)23-16)25-21(22)15-7-9-17-19(11-15)24-17/h2-5,14-20H,6-11H2,1H3. The van der Waals surface area contributed by atoms with E-state index in [-0.39, 0.29) is 18.0 Å². The molecule has 0 spiro atoms. The van der Waals surface area contributed by atoms with Gasteiger partial charge in [-0.15, -0.1) is 0 Å². The molecule has 4 heteroatoms. The highest BCUT2D eigenvalue weighted by atomic mass is 16.6. The number of carbonyl (C=O) groups is 1. The Labute approximate surface area is 148 Å². The van der Waals surface area contributed by atoms with Crippen LogP contribution in [0.25, 0.3) is 0 Å². The quantitative estimate of drug-likeness (QED) is 0.618. The van der Waals surface area contributed by atoms with Gasteiger partial charge in [-0.2, -0.15) is 0 Å². The second-order valence-electron chi connectivity index (χ2n) is 8.28. The number of aryl methyl sites for hydroxylation is 1. The molecule has 2 aliphatic heterocycles. The second kappa shape index (κ2) is 6.10.